The fraction of sp³-hybridized carbons (Fsp3) is 0.167. The normalized spacial score (nSPS) is 9.44. The number of pyridine rings is 1. The van der Waals surface area contributed by atoms with Gasteiger partial charge in [-0.05, 0) is 6.07 Å². The van der Waals surface area contributed by atoms with Crippen molar-refractivity contribution >= 4 is 18.3 Å². The molecule has 1 heterocycles. The number of thiol groups is 1. The molecule has 1 rings (SSSR count). The summed E-state index contributed by atoms with van der Waals surface area (Å²) in [6.45, 7) is 0. The first-order valence-corrected chi connectivity index (χ1v) is 3.27. The van der Waals surface area contributed by atoms with Crippen LogP contribution in [-0.4, -0.2) is 4.98 Å². The molecule has 9 heavy (non-hydrogen) atoms. The number of nitrogens with two attached hydrogens (primary N) is 1. The molecule has 1 aromatic rings. The zero-order valence-electron chi connectivity index (χ0n) is 4.91. The molecular formula is C6H8N2S. The molecule has 0 spiro atoms. The number of hydrogen-bond acceptors (Lipinski definition) is 3. The molecule has 2 nitrogen and oxygen atoms in total. The Hall–Kier alpha value is -0.700. The summed E-state index contributed by atoms with van der Waals surface area (Å²) in [7, 11) is 0. The van der Waals surface area contributed by atoms with Gasteiger partial charge in [0, 0.05) is 29.4 Å². The Labute approximate surface area is 59.5 Å². The van der Waals surface area contributed by atoms with Crippen LogP contribution in [0.2, 0.25) is 0 Å². The highest BCUT2D eigenvalue weighted by molar-refractivity contribution is 7.79. The lowest BCUT2D eigenvalue weighted by Gasteiger charge is -1.97. The predicted octanol–water partition coefficient (Wildman–Crippen LogP) is 1.09. The Morgan fingerprint density at radius 3 is 2.89 bits per heavy atom. The zero-order chi connectivity index (χ0) is 6.69. The number of hydrogen-bond donors (Lipinski definition) is 2. The van der Waals surface area contributed by atoms with Gasteiger partial charge in [0.2, 0.25) is 0 Å². The van der Waals surface area contributed by atoms with E-state index in [-0.39, 0.29) is 0 Å². The van der Waals surface area contributed by atoms with E-state index in [0.717, 1.165) is 11.3 Å². The molecule has 0 saturated carbocycles. The van der Waals surface area contributed by atoms with Gasteiger partial charge in [0.15, 0.2) is 0 Å². The minimum absolute atomic E-state index is 0.652. The van der Waals surface area contributed by atoms with Crippen LogP contribution in [0.5, 0.6) is 0 Å². The molecule has 0 bridgehead atoms. The smallest absolute Gasteiger partial charge is 0.0385 e. The number of rotatable bonds is 1. The Balaban J connectivity index is 3.01. The lowest BCUT2D eigenvalue weighted by molar-refractivity contribution is 1.26. The van der Waals surface area contributed by atoms with Crippen LogP contribution in [0.3, 0.4) is 0 Å². The van der Waals surface area contributed by atoms with Crippen LogP contribution in [0.25, 0.3) is 0 Å². The van der Waals surface area contributed by atoms with Crippen molar-refractivity contribution in [1.82, 2.24) is 4.98 Å². The van der Waals surface area contributed by atoms with Gasteiger partial charge >= 0.3 is 0 Å². The number of nitrogens with zero attached hydrogens (tertiary/aromatic N) is 1. The van der Waals surface area contributed by atoms with E-state index in [2.05, 4.69) is 17.6 Å². The summed E-state index contributed by atoms with van der Waals surface area (Å²) in [4.78, 5) is 3.89. The largest absolute Gasteiger partial charge is 0.398 e. The molecule has 0 saturated heterocycles. The first-order valence-electron chi connectivity index (χ1n) is 2.64. The fourth-order valence-corrected chi connectivity index (χ4v) is 0.834. The van der Waals surface area contributed by atoms with E-state index in [4.69, 9.17) is 5.73 Å². The van der Waals surface area contributed by atoms with Gasteiger partial charge in [-0.15, -0.1) is 0 Å². The predicted molar refractivity (Wildman–Crippen MR) is 41.3 cm³/mol. The van der Waals surface area contributed by atoms with Crippen LogP contribution in [0.15, 0.2) is 18.5 Å². The molecule has 0 aliphatic heterocycles. The van der Waals surface area contributed by atoms with E-state index >= 15 is 0 Å². The Morgan fingerprint density at radius 1 is 1.67 bits per heavy atom. The first kappa shape index (κ1) is 6.42. The van der Waals surface area contributed by atoms with Crippen LogP contribution in [0, 0.1) is 0 Å². The average Bonchev–Trinajstić information content (AvgIpc) is 1.89. The lowest BCUT2D eigenvalue weighted by atomic mass is 10.3. The van der Waals surface area contributed by atoms with Gasteiger partial charge in [-0.1, -0.05) is 0 Å². The van der Waals surface area contributed by atoms with Gasteiger partial charge < -0.3 is 5.73 Å². The fourth-order valence-electron chi connectivity index (χ4n) is 0.570. The summed E-state index contributed by atoms with van der Waals surface area (Å²) in [5.74, 6) is 0.652. The van der Waals surface area contributed by atoms with Crippen LogP contribution in [0.4, 0.5) is 5.69 Å². The Morgan fingerprint density at radius 2 is 2.44 bits per heavy atom. The summed E-state index contributed by atoms with van der Waals surface area (Å²) in [5.41, 5.74) is 7.29. The maximum absolute atomic E-state index is 5.54. The molecule has 2 N–H and O–H groups in total. The highest BCUT2D eigenvalue weighted by Gasteiger charge is 1.91. The van der Waals surface area contributed by atoms with Crippen molar-refractivity contribution in [3.63, 3.8) is 0 Å². The summed E-state index contributed by atoms with van der Waals surface area (Å²) < 4.78 is 0. The highest BCUT2D eigenvalue weighted by atomic mass is 32.1. The SMILES string of the molecule is Nc1ccncc1CS. The van der Waals surface area contributed by atoms with E-state index in [0.29, 0.717) is 5.75 Å². The van der Waals surface area contributed by atoms with Crippen molar-refractivity contribution in [3.8, 4) is 0 Å². The summed E-state index contributed by atoms with van der Waals surface area (Å²) in [5, 5.41) is 0. The molecule has 0 amide bonds. The van der Waals surface area contributed by atoms with Crippen molar-refractivity contribution in [2.24, 2.45) is 0 Å². The van der Waals surface area contributed by atoms with Crippen molar-refractivity contribution in [3.05, 3.63) is 24.0 Å². The molecule has 0 fully saturated rings. The molecule has 3 heteroatoms. The maximum Gasteiger partial charge on any atom is 0.0385 e. The zero-order valence-corrected chi connectivity index (χ0v) is 5.81. The molecule has 0 aromatic carbocycles. The quantitative estimate of drug-likeness (QED) is 0.573. The van der Waals surface area contributed by atoms with Gasteiger partial charge in [0.05, 0.1) is 0 Å². The molecular weight excluding hydrogens is 132 g/mol. The third-order valence-corrected chi connectivity index (χ3v) is 1.45. The van der Waals surface area contributed by atoms with Crippen LogP contribution in [-0.2, 0) is 5.75 Å². The second-order valence-electron chi connectivity index (χ2n) is 1.73. The molecule has 0 radical (unpaired) electrons. The molecule has 0 aliphatic carbocycles. The average molecular weight is 140 g/mol. The summed E-state index contributed by atoms with van der Waals surface area (Å²) >= 11 is 4.06. The van der Waals surface area contributed by atoms with Crippen molar-refractivity contribution in [1.29, 1.82) is 0 Å². The minimum atomic E-state index is 0.652. The van der Waals surface area contributed by atoms with Crippen molar-refractivity contribution in [2.45, 2.75) is 5.75 Å². The number of anilines is 1. The third-order valence-electron chi connectivity index (χ3n) is 1.11. The first-order chi connectivity index (χ1) is 4.34. The third kappa shape index (κ3) is 1.36. The van der Waals surface area contributed by atoms with E-state index < -0.39 is 0 Å². The number of aromatic nitrogens is 1. The maximum atomic E-state index is 5.54. The van der Waals surface area contributed by atoms with Gasteiger partial charge in [-0.25, -0.2) is 0 Å². The van der Waals surface area contributed by atoms with Crippen LogP contribution < -0.4 is 5.73 Å². The van der Waals surface area contributed by atoms with E-state index in [1.165, 1.54) is 0 Å². The van der Waals surface area contributed by atoms with Gasteiger partial charge in [-0.3, -0.25) is 4.98 Å². The molecule has 48 valence electrons. The minimum Gasteiger partial charge on any atom is -0.398 e. The van der Waals surface area contributed by atoms with Crippen LogP contribution in [0.1, 0.15) is 5.56 Å². The molecule has 0 unspecified atom stereocenters. The standard InChI is InChI=1S/C6H8N2S/c7-6-1-2-8-3-5(6)4-9/h1-3,9H,4H2,(H2,7,8). The topological polar surface area (TPSA) is 38.9 Å². The lowest BCUT2D eigenvalue weighted by Crippen LogP contribution is -1.91. The highest BCUT2D eigenvalue weighted by Crippen LogP contribution is 2.09. The van der Waals surface area contributed by atoms with Gasteiger partial charge in [0.1, 0.15) is 0 Å². The Kier molecular flexibility index (Phi) is 1.95. The molecule has 1 aromatic heterocycles. The molecule has 0 aliphatic rings. The van der Waals surface area contributed by atoms with Gasteiger partial charge in [0.25, 0.3) is 0 Å². The van der Waals surface area contributed by atoms with Gasteiger partial charge in [-0.2, -0.15) is 12.6 Å². The van der Waals surface area contributed by atoms with Crippen LogP contribution >= 0.6 is 12.6 Å². The molecule has 0 atom stereocenters. The Bertz CT molecular complexity index is 200. The van der Waals surface area contributed by atoms with E-state index in [9.17, 15) is 0 Å². The van der Waals surface area contributed by atoms with Crippen molar-refractivity contribution < 1.29 is 0 Å². The number of nitrogen functional groups attached to an aromatic ring is 1. The van der Waals surface area contributed by atoms with E-state index in [1.54, 1.807) is 18.5 Å². The summed E-state index contributed by atoms with van der Waals surface area (Å²) in [6.07, 6.45) is 3.39. The van der Waals surface area contributed by atoms with E-state index in [1.807, 2.05) is 0 Å². The monoisotopic (exact) mass is 140 g/mol. The van der Waals surface area contributed by atoms with Crippen molar-refractivity contribution in [2.75, 3.05) is 5.73 Å². The summed E-state index contributed by atoms with van der Waals surface area (Å²) in [6, 6.07) is 1.77. The second kappa shape index (κ2) is 2.73. The second-order valence-corrected chi connectivity index (χ2v) is 2.05.